The highest BCUT2D eigenvalue weighted by molar-refractivity contribution is 6.02. The fraction of sp³-hybridized carbons (Fsp3) is 0.500. The molecule has 0 saturated heterocycles. The number of amides is 1. The number of hydrogen-bond donors (Lipinski definition) is 2. The quantitative estimate of drug-likeness (QED) is 0.809. The van der Waals surface area contributed by atoms with Gasteiger partial charge in [0.1, 0.15) is 5.75 Å². The highest BCUT2D eigenvalue weighted by Gasteiger charge is 2.32. The van der Waals surface area contributed by atoms with Crippen molar-refractivity contribution >= 4 is 17.6 Å². The third-order valence-corrected chi connectivity index (χ3v) is 4.19. The summed E-state index contributed by atoms with van der Waals surface area (Å²) in [5.41, 5.74) is 6.43. The highest BCUT2D eigenvalue weighted by atomic mass is 16.5. The van der Waals surface area contributed by atoms with Crippen molar-refractivity contribution < 1.29 is 19.1 Å². The molecule has 2 rings (SSSR count). The summed E-state index contributed by atoms with van der Waals surface area (Å²) in [6, 6.07) is 4.89. The minimum atomic E-state index is -0.518. The third-order valence-electron chi connectivity index (χ3n) is 4.19. The standard InChI is InChI=1S/C16H22N2O4/c1-21-11-6-7-14(13(8-11)16(20)22-2)18-15(19)12-5-3-4-10(12)9-17/h6-8,10,12H,3-5,9,17H2,1-2H3,(H,18,19)/t10-,12-/m1/s1. The Morgan fingerprint density at radius 2 is 2.09 bits per heavy atom. The van der Waals surface area contributed by atoms with Gasteiger partial charge in [-0.15, -0.1) is 0 Å². The average Bonchev–Trinajstić information content (AvgIpc) is 3.03. The molecule has 1 aromatic rings. The molecule has 22 heavy (non-hydrogen) atoms. The number of esters is 1. The van der Waals surface area contributed by atoms with Crippen LogP contribution in [0.4, 0.5) is 5.69 Å². The average molecular weight is 306 g/mol. The first-order valence-corrected chi connectivity index (χ1v) is 7.38. The van der Waals surface area contributed by atoms with Crippen LogP contribution < -0.4 is 15.8 Å². The van der Waals surface area contributed by atoms with E-state index >= 15 is 0 Å². The largest absolute Gasteiger partial charge is 0.497 e. The monoisotopic (exact) mass is 306 g/mol. The Kier molecular flexibility index (Phi) is 5.38. The van der Waals surface area contributed by atoms with E-state index in [1.807, 2.05) is 0 Å². The van der Waals surface area contributed by atoms with Crippen molar-refractivity contribution in [1.29, 1.82) is 0 Å². The van der Waals surface area contributed by atoms with Gasteiger partial charge in [-0.25, -0.2) is 4.79 Å². The van der Waals surface area contributed by atoms with E-state index in [0.717, 1.165) is 19.3 Å². The van der Waals surface area contributed by atoms with Crippen LogP contribution in [0.25, 0.3) is 0 Å². The molecule has 1 amide bonds. The van der Waals surface area contributed by atoms with Crippen molar-refractivity contribution in [3.05, 3.63) is 23.8 Å². The van der Waals surface area contributed by atoms with Crippen LogP contribution in [0, 0.1) is 11.8 Å². The Bertz CT molecular complexity index is 559. The maximum atomic E-state index is 12.5. The molecule has 0 radical (unpaired) electrons. The lowest BCUT2D eigenvalue weighted by atomic mass is 9.95. The smallest absolute Gasteiger partial charge is 0.340 e. The van der Waals surface area contributed by atoms with E-state index in [1.165, 1.54) is 14.2 Å². The second-order valence-electron chi connectivity index (χ2n) is 5.43. The molecule has 1 fully saturated rings. The van der Waals surface area contributed by atoms with Gasteiger partial charge in [-0.3, -0.25) is 4.79 Å². The van der Waals surface area contributed by atoms with Crippen molar-refractivity contribution in [2.45, 2.75) is 19.3 Å². The molecule has 1 aliphatic rings. The number of hydrogen-bond acceptors (Lipinski definition) is 5. The predicted octanol–water partition coefficient (Wildman–Crippen LogP) is 1.80. The van der Waals surface area contributed by atoms with Crippen LogP contribution in [-0.4, -0.2) is 32.6 Å². The molecule has 6 heteroatoms. The van der Waals surface area contributed by atoms with Gasteiger partial charge in [0.05, 0.1) is 25.5 Å². The van der Waals surface area contributed by atoms with E-state index in [0.29, 0.717) is 18.0 Å². The maximum Gasteiger partial charge on any atom is 0.340 e. The van der Waals surface area contributed by atoms with Crippen LogP contribution in [0.2, 0.25) is 0 Å². The summed E-state index contributed by atoms with van der Waals surface area (Å²) in [6.07, 6.45) is 2.81. The summed E-state index contributed by atoms with van der Waals surface area (Å²) in [7, 11) is 2.81. The number of carbonyl (C=O) groups excluding carboxylic acids is 2. The van der Waals surface area contributed by atoms with Gasteiger partial charge in [0.25, 0.3) is 0 Å². The molecule has 1 aromatic carbocycles. The van der Waals surface area contributed by atoms with Gasteiger partial charge >= 0.3 is 5.97 Å². The van der Waals surface area contributed by atoms with E-state index in [-0.39, 0.29) is 23.3 Å². The first-order valence-electron chi connectivity index (χ1n) is 7.38. The summed E-state index contributed by atoms with van der Waals surface area (Å²) in [5.74, 6) is 0.0239. The molecule has 3 N–H and O–H groups in total. The molecule has 0 heterocycles. The molecule has 0 unspecified atom stereocenters. The van der Waals surface area contributed by atoms with E-state index in [4.69, 9.17) is 15.2 Å². The summed E-state index contributed by atoms with van der Waals surface area (Å²) < 4.78 is 9.87. The fourth-order valence-electron chi connectivity index (χ4n) is 2.93. The van der Waals surface area contributed by atoms with Crippen LogP contribution in [0.3, 0.4) is 0 Å². The molecule has 2 atom stereocenters. The Morgan fingerprint density at radius 3 is 2.73 bits per heavy atom. The molecule has 0 spiro atoms. The number of rotatable bonds is 5. The second-order valence-corrected chi connectivity index (χ2v) is 5.43. The van der Waals surface area contributed by atoms with Gasteiger partial charge in [0.15, 0.2) is 0 Å². The minimum Gasteiger partial charge on any atom is -0.497 e. The normalized spacial score (nSPS) is 20.5. The van der Waals surface area contributed by atoms with Crippen molar-refractivity contribution in [3.63, 3.8) is 0 Å². The molecular formula is C16H22N2O4. The van der Waals surface area contributed by atoms with E-state index < -0.39 is 5.97 Å². The van der Waals surface area contributed by atoms with Crippen molar-refractivity contribution in [2.75, 3.05) is 26.1 Å². The van der Waals surface area contributed by atoms with Gasteiger partial charge in [0.2, 0.25) is 5.91 Å². The van der Waals surface area contributed by atoms with Crippen molar-refractivity contribution in [1.82, 2.24) is 0 Å². The molecule has 1 aliphatic carbocycles. The van der Waals surface area contributed by atoms with E-state index in [9.17, 15) is 9.59 Å². The fourth-order valence-corrected chi connectivity index (χ4v) is 2.93. The van der Waals surface area contributed by atoms with Gasteiger partial charge in [-0.05, 0) is 43.5 Å². The molecule has 1 saturated carbocycles. The van der Waals surface area contributed by atoms with Crippen LogP contribution in [0.5, 0.6) is 5.75 Å². The Hall–Kier alpha value is -2.08. The molecule has 0 aromatic heterocycles. The molecular weight excluding hydrogens is 284 g/mol. The zero-order valence-corrected chi connectivity index (χ0v) is 12.9. The van der Waals surface area contributed by atoms with E-state index in [1.54, 1.807) is 18.2 Å². The Balaban J connectivity index is 2.21. The summed E-state index contributed by atoms with van der Waals surface area (Å²) in [4.78, 5) is 24.3. The SMILES string of the molecule is COC(=O)c1cc(OC)ccc1NC(=O)[C@@H]1CCC[C@@H]1CN. The number of carbonyl (C=O) groups is 2. The van der Waals surface area contributed by atoms with Crippen LogP contribution in [0.1, 0.15) is 29.6 Å². The number of methoxy groups -OCH3 is 2. The minimum absolute atomic E-state index is 0.0942. The predicted molar refractivity (Wildman–Crippen MR) is 82.8 cm³/mol. The van der Waals surface area contributed by atoms with Crippen LogP contribution in [-0.2, 0) is 9.53 Å². The number of anilines is 1. The van der Waals surface area contributed by atoms with Gasteiger partial charge < -0.3 is 20.5 Å². The summed E-state index contributed by atoms with van der Waals surface area (Å²) in [6.45, 7) is 0.505. The lowest BCUT2D eigenvalue weighted by Gasteiger charge is -2.18. The first kappa shape index (κ1) is 16.3. The van der Waals surface area contributed by atoms with Gasteiger partial charge in [0, 0.05) is 5.92 Å². The van der Waals surface area contributed by atoms with Crippen LogP contribution in [0.15, 0.2) is 18.2 Å². The lowest BCUT2D eigenvalue weighted by molar-refractivity contribution is -0.120. The zero-order chi connectivity index (χ0) is 16.1. The first-order chi connectivity index (χ1) is 10.6. The van der Waals surface area contributed by atoms with Crippen LogP contribution >= 0.6 is 0 Å². The molecule has 120 valence electrons. The molecule has 6 nitrogen and oxygen atoms in total. The van der Waals surface area contributed by atoms with Gasteiger partial charge in [-0.1, -0.05) is 6.42 Å². The maximum absolute atomic E-state index is 12.5. The number of nitrogens with one attached hydrogen (secondary N) is 1. The Labute approximate surface area is 130 Å². The molecule has 0 aliphatic heterocycles. The van der Waals surface area contributed by atoms with Gasteiger partial charge in [-0.2, -0.15) is 0 Å². The number of ether oxygens (including phenoxy) is 2. The van der Waals surface area contributed by atoms with Crippen molar-refractivity contribution in [2.24, 2.45) is 17.6 Å². The molecule has 0 bridgehead atoms. The van der Waals surface area contributed by atoms with E-state index in [2.05, 4.69) is 5.32 Å². The topological polar surface area (TPSA) is 90.6 Å². The number of nitrogens with two attached hydrogens (primary N) is 1. The highest BCUT2D eigenvalue weighted by Crippen LogP contribution is 2.32. The number of benzene rings is 1. The second kappa shape index (κ2) is 7.26. The summed E-state index contributed by atoms with van der Waals surface area (Å²) >= 11 is 0. The Morgan fingerprint density at radius 1 is 1.32 bits per heavy atom. The zero-order valence-electron chi connectivity index (χ0n) is 12.9. The lowest BCUT2D eigenvalue weighted by Crippen LogP contribution is -2.30. The third kappa shape index (κ3) is 3.39. The van der Waals surface area contributed by atoms with Crippen molar-refractivity contribution in [3.8, 4) is 5.75 Å². The summed E-state index contributed by atoms with van der Waals surface area (Å²) in [5, 5.41) is 2.83.